The van der Waals surface area contributed by atoms with Crippen molar-refractivity contribution in [1.29, 1.82) is 0 Å². The minimum atomic E-state index is -1.25. The number of carbonyl (C=O) groups is 1. The summed E-state index contributed by atoms with van der Waals surface area (Å²) in [5, 5.41) is 37.1. The summed E-state index contributed by atoms with van der Waals surface area (Å²) in [5.74, 6) is -2.46. The normalized spacial score (nSPS) is 13.4. The van der Waals surface area contributed by atoms with E-state index in [9.17, 15) is 20.1 Å². The van der Waals surface area contributed by atoms with Gasteiger partial charge in [0.2, 0.25) is 0 Å². The number of phenols is 3. The molecule has 1 aromatic rings. The molecule has 0 saturated carbocycles. The van der Waals surface area contributed by atoms with E-state index in [0.29, 0.717) is 0 Å². The zero-order valence-corrected chi connectivity index (χ0v) is 9.51. The molecule has 1 aromatic carbocycles. The fraction of sp³-hybridized carbons (Fsp3) is 0.364. The van der Waals surface area contributed by atoms with E-state index in [0.717, 1.165) is 12.1 Å². The summed E-state index contributed by atoms with van der Waals surface area (Å²) in [4.78, 5) is 10.9. The Balaban J connectivity index is 3.33. The molecular formula is C11H15NO5. The molecule has 0 saturated heterocycles. The molecule has 0 amide bonds. The summed E-state index contributed by atoms with van der Waals surface area (Å²) < 4.78 is 0. The maximum absolute atomic E-state index is 10.9. The molecule has 0 heterocycles. The van der Waals surface area contributed by atoms with E-state index in [1.165, 1.54) is 13.8 Å². The first-order valence-electron chi connectivity index (χ1n) is 4.91. The van der Waals surface area contributed by atoms with Crippen LogP contribution in [0.25, 0.3) is 0 Å². The molecule has 1 rings (SSSR count). The van der Waals surface area contributed by atoms with Crippen molar-refractivity contribution in [2.45, 2.75) is 25.3 Å². The summed E-state index contributed by atoms with van der Waals surface area (Å²) in [7, 11) is 0. The van der Waals surface area contributed by atoms with Crippen LogP contribution in [0.4, 0.5) is 0 Å². The molecule has 0 aliphatic heterocycles. The van der Waals surface area contributed by atoms with Crippen molar-refractivity contribution in [1.82, 2.24) is 0 Å². The lowest BCUT2D eigenvalue weighted by Gasteiger charge is -2.30. The molecule has 0 radical (unpaired) electrons. The minimum absolute atomic E-state index is 0.155. The fourth-order valence-corrected chi connectivity index (χ4v) is 1.56. The lowest BCUT2D eigenvalue weighted by atomic mass is 9.77. The van der Waals surface area contributed by atoms with Gasteiger partial charge in [-0.2, -0.15) is 0 Å². The van der Waals surface area contributed by atoms with Gasteiger partial charge in [-0.25, -0.2) is 0 Å². The van der Waals surface area contributed by atoms with E-state index in [1.54, 1.807) is 0 Å². The van der Waals surface area contributed by atoms with Gasteiger partial charge in [0.15, 0.2) is 11.5 Å². The average Bonchev–Trinajstić information content (AvgIpc) is 2.21. The lowest BCUT2D eigenvalue weighted by molar-refractivity contribution is -0.140. The Morgan fingerprint density at radius 2 is 1.65 bits per heavy atom. The van der Waals surface area contributed by atoms with Crippen molar-refractivity contribution < 1.29 is 25.2 Å². The highest BCUT2D eigenvalue weighted by molar-refractivity contribution is 5.76. The summed E-state index contributed by atoms with van der Waals surface area (Å²) >= 11 is 0. The van der Waals surface area contributed by atoms with Crippen LogP contribution in [0.2, 0.25) is 0 Å². The zero-order chi connectivity index (χ0) is 13.4. The topological polar surface area (TPSA) is 124 Å². The summed E-state index contributed by atoms with van der Waals surface area (Å²) in [5.41, 5.74) is 4.59. The quantitative estimate of drug-likeness (QED) is 0.387. The molecule has 0 bridgehead atoms. The van der Waals surface area contributed by atoms with Crippen molar-refractivity contribution >= 4 is 5.97 Å². The van der Waals surface area contributed by atoms with E-state index in [4.69, 9.17) is 10.8 Å². The molecular weight excluding hydrogens is 226 g/mol. The van der Waals surface area contributed by atoms with Crippen molar-refractivity contribution in [2.24, 2.45) is 5.73 Å². The van der Waals surface area contributed by atoms with Gasteiger partial charge in [-0.1, -0.05) is 13.8 Å². The molecule has 1 atom stereocenters. The lowest BCUT2D eigenvalue weighted by Crippen LogP contribution is -2.46. The van der Waals surface area contributed by atoms with Gasteiger partial charge in [0, 0.05) is 17.0 Å². The molecule has 6 heteroatoms. The van der Waals surface area contributed by atoms with E-state index in [2.05, 4.69) is 0 Å². The Kier molecular flexibility index (Phi) is 3.19. The predicted octanol–water partition coefficient (Wildman–Crippen LogP) is 0.493. The number of carboxylic acid groups (broad SMARTS) is 1. The Morgan fingerprint density at radius 1 is 1.18 bits per heavy atom. The third-order valence-electron chi connectivity index (χ3n) is 2.83. The number of aromatic hydroxyl groups is 3. The van der Waals surface area contributed by atoms with Gasteiger partial charge in [-0.15, -0.1) is 0 Å². The monoisotopic (exact) mass is 241 g/mol. The van der Waals surface area contributed by atoms with Crippen molar-refractivity contribution in [3.05, 3.63) is 17.7 Å². The van der Waals surface area contributed by atoms with E-state index < -0.39 is 28.9 Å². The van der Waals surface area contributed by atoms with Crippen molar-refractivity contribution in [3.8, 4) is 17.2 Å². The number of phenolic OH excluding ortho intramolecular Hbond substituents is 3. The molecule has 0 aliphatic carbocycles. The van der Waals surface area contributed by atoms with Crippen LogP contribution in [-0.4, -0.2) is 32.4 Å². The summed E-state index contributed by atoms with van der Waals surface area (Å²) in [6, 6.07) is 0.798. The van der Waals surface area contributed by atoms with Crippen LogP contribution in [-0.2, 0) is 10.2 Å². The Labute approximate surface area is 97.9 Å². The number of carboxylic acids is 1. The van der Waals surface area contributed by atoms with E-state index >= 15 is 0 Å². The highest BCUT2D eigenvalue weighted by Crippen LogP contribution is 2.39. The number of aliphatic carboxylic acids is 1. The molecule has 1 unspecified atom stereocenters. The van der Waals surface area contributed by atoms with Crippen LogP contribution in [0.1, 0.15) is 19.4 Å². The molecule has 6 N–H and O–H groups in total. The summed E-state index contributed by atoms with van der Waals surface area (Å²) in [6.07, 6.45) is 0. The molecule has 0 aromatic heterocycles. The highest BCUT2D eigenvalue weighted by atomic mass is 16.4. The van der Waals surface area contributed by atoms with Crippen LogP contribution < -0.4 is 5.73 Å². The minimum Gasteiger partial charge on any atom is -0.508 e. The Hall–Kier alpha value is -1.95. The predicted molar refractivity (Wildman–Crippen MR) is 60.1 cm³/mol. The Morgan fingerprint density at radius 3 is 2.12 bits per heavy atom. The molecule has 0 fully saturated rings. The van der Waals surface area contributed by atoms with Crippen LogP contribution in [0.15, 0.2) is 12.1 Å². The van der Waals surface area contributed by atoms with E-state index in [-0.39, 0.29) is 11.3 Å². The first-order valence-corrected chi connectivity index (χ1v) is 4.91. The van der Waals surface area contributed by atoms with Crippen LogP contribution in [0.3, 0.4) is 0 Å². The first kappa shape index (κ1) is 13.1. The first-order chi connectivity index (χ1) is 7.67. The van der Waals surface area contributed by atoms with Gasteiger partial charge >= 0.3 is 5.97 Å². The van der Waals surface area contributed by atoms with Crippen LogP contribution in [0, 0.1) is 0 Å². The smallest absolute Gasteiger partial charge is 0.321 e. The third-order valence-corrected chi connectivity index (χ3v) is 2.83. The third kappa shape index (κ3) is 2.26. The SMILES string of the molecule is CC(C)(c1cc(O)c(O)cc1O)C(N)C(=O)O. The Bertz CT molecular complexity index is 455. The second-order valence-electron chi connectivity index (χ2n) is 4.40. The van der Waals surface area contributed by atoms with Crippen LogP contribution >= 0.6 is 0 Å². The van der Waals surface area contributed by atoms with Gasteiger partial charge in [0.1, 0.15) is 11.8 Å². The van der Waals surface area contributed by atoms with Crippen LogP contribution in [0.5, 0.6) is 17.2 Å². The van der Waals surface area contributed by atoms with Gasteiger partial charge in [-0.05, 0) is 6.07 Å². The molecule has 94 valence electrons. The maximum atomic E-state index is 10.9. The maximum Gasteiger partial charge on any atom is 0.321 e. The fourth-order valence-electron chi connectivity index (χ4n) is 1.56. The molecule has 0 spiro atoms. The highest BCUT2D eigenvalue weighted by Gasteiger charge is 2.36. The molecule has 17 heavy (non-hydrogen) atoms. The second kappa shape index (κ2) is 4.14. The zero-order valence-electron chi connectivity index (χ0n) is 9.51. The average molecular weight is 241 g/mol. The molecule has 0 aliphatic rings. The molecule has 6 nitrogen and oxygen atoms in total. The number of benzene rings is 1. The number of hydrogen-bond acceptors (Lipinski definition) is 5. The number of hydrogen-bond donors (Lipinski definition) is 5. The van der Waals surface area contributed by atoms with Crippen molar-refractivity contribution in [3.63, 3.8) is 0 Å². The van der Waals surface area contributed by atoms with Gasteiger partial charge in [0.05, 0.1) is 0 Å². The number of rotatable bonds is 3. The second-order valence-corrected chi connectivity index (χ2v) is 4.40. The number of nitrogens with two attached hydrogens (primary N) is 1. The van der Waals surface area contributed by atoms with Crippen molar-refractivity contribution in [2.75, 3.05) is 0 Å². The van der Waals surface area contributed by atoms with Gasteiger partial charge in [0.25, 0.3) is 0 Å². The van der Waals surface area contributed by atoms with Gasteiger partial charge < -0.3 is 26.2 Å². The summed E-state index contributed by atoms with van der Waals surface area (Å²) in [6.45, 7) is 3.05. The standard InChI is InChI=1S/C11H15NO5/c1-11(2,9(12)10(16)17)5-3-7(14)8(15)4-6(5)13/h3-4,9,13-15H,12H2,1-2H3,(H,16,17). The van der Waals surface area contributed by atoms with Gasteiger partial charge in [-0.3, -0.25) is 4.79 Å². The van der Waals surface area contributed by atoms with E-state index in [1.807, 2.05) is 0 Å². The largest absolute Gasteiger partial charge is 0.508 e.